The van der Waals surface area contributed by atoms with E-state index in [4.69, 9.17) is 13.9 Å². The lowest BCUT2D eigenvalue weighted by Crippen LogP contribution is -2.29. The van der Waals surface area contributed by atoms with E-state index in [0.717, 1.165) is 5.56 Å². The number of carbonyl (C=O) groups is 2. The minimum atomic E-state index is -0.813. The third kappa shape index (κ3) is 4.94. The first-order valence-electron chi connectivity index (χ1n) is 11.5. The fraction of sp³-hybridized carbons (Fsp3) is 0.286. The Labute approximate surface area is 204 Å². The lowest BCUT2D eigenvalue weighted by molar-refractivity contribution is -0.140. The van der Waals surface area contributed by atoms with Gasteiger partial charge in [0, 0.05) is 5.56 Å². The van der Waals surface area contributed by atoms with Crippen molar-refractivity contribution in [1.82, 2.24) is 4.90 Å². The first-order valence-corrected chi connectivity index (χ1v) is 11.5. The molecule has 0 aliphatic carbocycles. The van der Waals surface area contributed by atoms with Gasteiger partial charge < -0.3 is 23.9 Å². The normalized spacial score (nSPS) is 17.3. The number of furan rings is 1. The van der Waals surface area contributed by atoms with E-state index in [9.17, 15) is 14.7 Å². The number of aliphatic hydroxyl groups excluding tert-OH is 1. The van der Waals surface area contributed by atoms with E-state index in [1.54, 1.807) is 61.7 Å². The van der Waals surface area contributed by atoms with Gasteiger partial charge in [-0.15, -0.1) is 0 Å². The highest BCUT2D eigenvalue weighted by molar-refractivity contribution is 6.46. The molecule has 0 bridgehead atoms. The number of amides is 1. The van der Waals surface area contributed by atoms with E-state index >= 15 is 0 Å². The van der Waals surface area contributed by atoms with E-state index in [1.807, 2.05) is 6.92 Å². The number of ether oxygens (including phenoxy) is 2. The van der Waals surface area contributed by atoms with Crippen molar-refractivity contribution in [2.75, 3.05) is 13.7 Å². The van der Waals surface area contributed by atoms with Crippen LogP contribution in [0, 0.1) is 12.8 Å². The van der Waals surface area contributed by atoms with E-state index < -0.39 is 17.7 Å². The molecule has 7 nitrogen and oxygen atoms in total. The zero-order valence-electron chi connectivity index (χ0n) is 20.3. The molecular formula is C28H29NO6. The molecule has 1 aliphatic heterocycles. The standard InChI is InChI=1S/C28H29NO6/c1-17(2)16-35-23-11-10-20(13-18(23)3)26(30)24-25(19-7-5-8-21(14-19)33-4)29(28(32)27(24)31)15-22-9-6-12-34-22/h5-14,17,25,30H,15-16H2,1-4H3/b26-24-. The maximum absolute atomic E-state index is 13.2. The number of aliphatic hydroxyl groups is 1. The van der Waals surface area contributed by atoms with Crippen LogP contribution in [0.3, 0.4) is 0 Å². The SMILES string of the molecule is COc1cccc(C2/C(=C(/O)c3ccc(OCC(C)C)c(C)c3)C(=O)C(=O)N2Cc2ccco2)c1. The molecular weight excluding hydrogens is 446 g/mol. The van der Waals surface area contributed by atoms with Crippen LogP contribution in [0.2, 0.25) is 0 Å². The summed E-state index contributed by atoms with van der Waals surface area (Å²) in [6, 6.07) is 15.0. The van der Waals surface area contributed by atoms with Crippen molar-refractivity contribution < 1.29 is 28.6 Å². The van der Waals surface area contributed by atoms with Crippen molar-refractivity contribution in [2.24, 2.45) is 5.92 Å². The van der Waals surface area contributed by atoms with Gasteiger partial charge in [-0.25, -0.2) is 0 Å². The molecule has 0 saturated carbocycles. The molecule has 1 amide bonds. The van der Waals surface area contributed by atoms with Crippen molar-refractivity contribution in [3.8, 4) is 11.5 Å². The van der Waals surface area contributed by atoms with E-state index in [1.165, 1.54) is 11.2 Å². The molecule has 0 radical (unpaired) electrons. The lowest BCUT2D eigenvalue weighted by Gasteiger charge is -2.25. The van der Waals surface area contributed by atoms with Gasteiger partial charge in [-0.05, 0) is 66.4 Å². The molecule has 2 aromatic carbocycles. The monoisotopic (exact) mass is 475 g/mol. The van der Waals surface area contributed by atoms with Crippen LogP contribution in [0.25, 0.3) is 5.76 Å². The number of aryl methyl sites for hydroxylation is 1. The van der Waals surface area contributed by atoms with Crippen LogP contribution in [-0.4, -0.2) is 35.4 Å². The molecule has 2 heterocycles. The van der Waals surface area contributed by atoms with E-state index in [0.29, 0.717) is 40.9 Å². The highest BCUT2D eigenvalue weighted by Gasteiger charge is 2.46. The van der Waals surface area contributed by atoms with Gasteiger partial charge in [-0.3, -0.25) is 9.59 Å². The van der Waals surface area contributed by atoms with Crippen LogP contribution in [0.4, 0.5) is 0 Å². The molecule has 1 N–H and O–H groups in total. The fourth-order valence-corrected chi connectivity index (χ4v) is 4.14. The van der Waals surface area contributed by atoms with Gasteiger partial charge in [0.15, 0.2) is 0 Å². The molecule has 1 aliphatic rings. The Morgan fingerprint density at radius 3 is 2.57 bits per heavy atom. The van der Waals surface area contributed by atoms with Gasteiger partial charge in [0.1, 0.15) is 23.0 Å². The summed E-state index contributed by atoms with van der Waals surface area (Å²) in [5, 5.41) is 11.3. The molecule has 1 saturated heterocycles. The Morgan fingerprint density at radius 2 is 1.91 bits per heavy atom. The van der Waals surface area contributed by atoms with Gasteiger partial charge in [0.2, 0.25) is 0 Å². The van der Waals surface area contributed by atoms with Crippen LogP contribution in [0.1, 0.15) is 42.3 Å². The summed E-state index contributed by atoms with van der Waals surface area (Å²) in [4.78, 5) is 27.8. The van der Waals surface area contributed by atoms with Gasteiger partial charge >= 0.3 is 0 Å². The molecule has 182 valence electrons. The van der Waals surface area contributed by atoms with Crippen molar-refractivity contribution >= 4 is 17.4 Å². The molecule has 1 aromatic heterocycles. The maximum atomic E-state index is 13.2. The second-order valence-corrected chi connectivity index (χ2v) is 8.97. The largest absolute Gasteiger partial charge is 0.507 e. The Hall–Kier alpha value is -4.00. The molecule has 0 spiro atoms. The number of hydrogen-bond acceptors (Lipinski definition) is 6. The molecule has 1 atom stereocenters. The molecule has 1 unspecified atom stereocenters. The number of rotatable bonds is 8. The predicted octanol–water partition coefficient (Wildman–Crippen LogP) is 5.25. The first-order chi connectivity index (χ1) is 16.8. The van der Waals surface area contributed by atoms with E-state index in [2.05, 4.69) is 13.8 Å². The quantitative estimate of drug-likeness (QED) is 0.272. The molecule has 35 heavy (non-hydrogen) atoms. The number of benzene rings is 2. The number of hydrogen-bond donors (Lipinski definition) is 1. The smallest absolute Gasteiger partial charge is 0.296 e. The summed E-state index contributed by atoms with van der Waals surface area (Å²) in [5.41, 5.74) is 1.91. The Kier molecular flexibility index (Phi) is 6.96. The molecule has 1 fully saturated rings. The van der Waals surface area contributed by atoms with Gasteiger partial charge in [-0.2, -0.15) is 0 Å². The first kappa shape index (κ1) is 24.1. The highest BCUT2D eigenvalue weighted by atomic mass is 16.5. The number of likely N-dealkylation sites (tertiary alicyclic amines) is 1. The van der Waals surface area contributed by atoms with Crippen LogP contribution >= 0.6 is 0 Å². The van der Waals surface area contributed by atoms with Crippen molar-refractivity contribution in [1.29, 1.82) is 0 Å². The predicted molar refractivity (Wildman–Crippen MR) is 131 cm³/mol. The second-order valence-electron chi connectivity index (χ2n) is 8.97. The number of Topliss-reactive ketones (excluding diaryl/α,β-unsaturated/α-hetero) is 1. The number of carbonyl (C=O) groups excluding carboxylic acids is 2. The summed E-state index contributed by atoms with van der Waals surface area (Å²) >= 11 is 0. The van der Waals surface area contributed by atoms with Gasteiger partial charge in [0.25, 0.3) is 11.7 Å². The summed E-state index contributed by atoms with van der Waals surface area (Å²) in [6.07, 6.45) is 1.51. The molecule has 3 aromatic rings. The lowest BCUT2D eigenvalue weighted by atomic mass is 9.94. The van der Waals surface area contributed by atoms with Crippen molar-refractivity contribution in [3.05, 3.63) is 88.9 Å². The number of ketones is 1. The molecule has 4 rings (SSSR count). The Balaban J connectivity index is 1.80. The minimum Gasteiger partial charge on any atom is -0.507 e. The molecule has 7 heteroatoms. The maximum Gasteiger partial charge on any atom is 0.296 e. The van der Waals surface area contributed by atoms with Gasteiger partial charge in [0.05, 0.1) is 38.1 Å². The van der Waals surface area contributed by atoms with Crippen molar-refractivity contribution in [2.45, 2.75) is 33.4 Å². The van der Waals surface area contributed by atoms with Crippen LogP contribution < -0.4 is 9.47 Å². The average molecular weight is 476 g/mol. The fourth-order valence-electron chi connectivity index (χ4n) is 4.14. The third-order valence-electron chi connectivity index (χ3n) is 5.88. The number of nitrogens with zero attached hydrogens (tertiary/aromatic N) is 1. The zero-order valence-corrected chi connectivity index (χ0v) is 20.3. The summed E-state index contributed by atoms with van der Waals surface area (Å²) in [7, 11) is 1.55. The van der Waals surface area contributed by atoms with Crippen LogP contribution in [0.15, 0.2) is 70.9 Å². The van der Waals surface area contributed by atoms with Crippen LogP contribution in [0.5, 0.6) is 11.5 Å². The Morgan fingerprint density at radius 1 is 1.11 bits per heavy atom. The zero-order chi connectivity index (χ0) is 25.1. The summed E-state index contributed by atoms with van der Waals surface area (Å²) < 4.78 is 16.6. The highest BCUT2D eigenvalue weighted by Crippen LogP contribution is 2.41. The minimum absolute atomic E-state index is 0.0186. The van der Waals surface area contributed by atoms with Crippen molar-refractivity contribution in [3.63, 3.8) is 0 Å². The topological polar surface area (TPSA) is 89.2 Å². The number of methoxy groups -OCH3 is 1. The average Bonchev–Trinajstić information content (AvgIpc) is 3.45. The summed E-state index contributed by atoms with van der Waals surface area (Å²) in [6.45, 7) is 6.66. The van der Waals surface area contributed by atoms with E-state index in [-0.39, 0.29) is 17.9 Å². The summed E-state index contributed by atoms with van der Waals surface area (Å²) in [5.74, 6) is 0.491. The van der Waals surface area contributed by atoms with Crippen LogP contribution in [-0.2, 0) is 16.1 Å². The Bertz CT molecular complexity index is 1260. The second kappa shape index (κ2) is 10.1. The third-order valence-corrected chi connectivity index (χ3v) is 5.88. The van der Waals surface area contributed by atoms with Gasteiger partial charge in [-0.1, -0.05) is 26.0 Å².